The van der Waals surface area contributed by atoms with Gasteiger partial charge in [-0.1, -0.05) is 0 Å². The summed E-state index contributed by atoms with van der Waals surface area (Å²) in [7, 11) is 1.55. The molecule has 0 aliphatic heterocycles. The molecule has 6 heteroatoms. The molecular weight excluding hydrogens is 220 g/mol. The average molecular weight is 230 g/mol. The van der Waals surface area contributed by atoms with Crippen LogP contribution in [0.15, 0.2) is 33.7 Å². The molecule has 0 aliphatic rings. The molecule has 3 aromatic heterocycles. The van der Waals surface area contributed by atoms with Crippen LogP contribution < -0.4 is 5.76 Å². The largest absolute Gasteiger partial charge is 0.437 e. The van der Waals surface area contributed by atoms with E-state index < -0.39 is 5.76 Å². The van der Waals surface area contributed by atoms with Crippen LogP contribution in [0.25, 0.3) is 17.1 Å². The van der Waals surface area contributed by atoms with Crippen LogP contribution in [0.3, 0.4) is 0 Å². The molecule has 3 rings (SSSR count). The summed E-state index contributed by atoms with van der Waals surface area (Å²) in [5.74, 6) is -0.167. The fraction of sp³-hybridized carbons (Fsp3) is 0.182. The van der Waals surface area contributed by atoms with Crippen LogP contribution in [-0.4, -0.2) is 19.2 Å². The first-order valence-electron chi connectivity index (χ1n) is 5.13. The van der Waals surface area contributed by atoms with Crippen molar-refractivity contribution in [2.75, 3.05) is 0 Å². The second kappa shape index (κ2) is 3.31. The summed E-state index contributed by atoms with van der Waals surface area (Å²) >= 11 is 0. The Morgan fingerprint density at radius 2 is 2.24 bits per heavy atom. The molecule has 0 N–H and O–H groups in total. The maximum absolute atomic E-state index is 11.2. The quantitative estimate of drug-likeness (QED) is 0.625. The predicted molar refractivity (Wildman–Crippen MR) is 60.7 cm³/mol. The summed E-state index contributed by atoms with van der Waals surface area (Å²) in [5, 5.41) is 3.99. The van der Waals surface area contributed by atoms with E-state index in [9.17, 15) is 4.79 Å². The third kappa shape index (κ3) is 1.45. The zero-order valence-corrected chi connectivity index (χ0v) is 9.41. The van der Waals surface area contributed by atoms with Gasteiger partial charge in [-0.3, -0.25) is 0 Å². The van der Waals surface area contributed by atoms with Gasteiger partial charge in [-0.15, -0.1) is 5.10 Å². The Morgan fingerprint density at radius 3 is 2.94 bits per heavy atom. The highest BCUT2D eigenvalue weighted by molar-refractivity contribution is 5.59. The minimum Gasteiger partial charge on any atom is -0.388 e. The smallest absolute Gasteiger partial charge is 0.388 e. The molecule has 0 spiro atoms. The molecule has 0 unspecified atom stereocenters. The second-order valence-corrected chi connectivity index (χ2v) is 3.84. The molecule has 0 aliphatic carbocycles. The van der Waals surface area contributed by atoms with Crippen LogP contribution in [0.1, 0.15) is 5.69 Å². The summed E-state index contributed by atoms with van der Waals surface area (Å²) in [6.45, 7) is 1.97. The van der Waals surface area contributed by atoms with Gasteiger partial charge in [-0.25, -0.2) is 9.78 Å². The van der Waals surface area contributed by atoms with Crippen molar-refractivity contribution in [1.82, 2.24) is 19.2 Å². The van der Waals surface area contributed by atoms with Crippen LogP contribution in [0, 0.1) is 6.92 Å². The van der Waals surface area contributed by atoms with Crippen molar-refractivity contribution in [3.63, 3.8) is 0 Å². The molecule has 86 valence electrons. The van der Waals surface area contributed by atoms with Crippen molar-refractivity contribution in [2.24, 2.45) is 7.05 Å². The van der Waals surface area contributed by atoms with E-state index >= 15 is 0 Å². The summed E-state index contributed by atoms with van der Waals surface area (Å²) < 4.78 is 8.13. The van der Waals surface area contributed by atoms with Gasteiger partial charge in [0.25, 0.3) is 0 Å². The molecule has 0 bridgehead atoms. The molecule has 0 saturated heterocycles. The zero-order chi connectivity index (χ0) is 12.0. The highest BCUT2D eigenvalue weighted by Gasteiger charge is 2.09. The first kappa shape index (κ1) is 9.83. The van der Waals surface area contributed by atoms with Crippen molar-refractivity contribution in [3.8, 4) is 11.5 Å². The molecule has 6 nitrogen and oxygen atoms in total. The Balaban J connectivity index is 2.21. The lowest BCUT2D eigenvalue weighted by Crippen LogP contribution is -2.09. The summed E-state index contributed by atoms with van der Waals surface area (Å²) in [6, 6.07) is 3.67. The van der Waals surface area contributed by atoms with Crippen LogP contribution in [0.4, 0.5) is 0 Å². The second-order valence-electron chi connectivity index (χ2n) is 3.84. The molecule has 0 radical (unpaired) electrons. The number of hydrogen-bond acceptors (Lipinski definition) is 4. The fourth-order valence-corrected chi connectivity index (χ4v) is 1.70. The summed E-state index contributed by atoms with van der Waals surface area (Å²) in [4.78, 5) is 15.4. The van der Waals surface area contributed by atoms with Gasteiger partial charge in [0.2, 0.25) is 5.89 Å². The highest BCUT2D eigenvalue weighted by Crippen LogP contribution is 2.17. The van der Waals surface area contributed by atoms with Gasteiger partial charge in [-0.2, -0.15) is 4.68 Å². The Morgan fingerprint density at radius 1 is 1.41 bits per heavy atom. The normalized spacial score (nSPS) is 11.2. The summed E-state index contributed by atoms with van der Waals surface area (Å²) in [6.07, 6.45) is 3.66. The molecule has 3 aromatic rings. The molecule has 17 heavy (non-hydrogen) atoms. The maximum Gasteiger partial charge on any atom is 0.437 e. The first-order valence-corrected chi connectivity index (χ1v) is 5.13. The van der Waals surface area contributed by atoms with Gasteiger partial charge in [0.15, 0.2) is 0 Å². The van der Waals surface area contributed by atoms with Gasteiger partial charge in [0.05, 0.1) is 0 Å². The molecule has 0 aromatic carbocycles. The van der Waals surface area contributed by atoms with Crippen LogP contribution in [0.2, 0.25) is 0 Å². The van der Waals surface area contributed by atoms with Gasteiger partial charge >= 0.3 is 5.76 Å². The fourth-order valence-electron chi connectivity index (χ4n) is 1.70. The highest BCUT2D eigenvalue weighted by atomic mass is 16.4. The zero-order valence-electron chi connectivity index (χ0n) is 9.41. The molecule has 0 atom stereocenters. The van der Waals surface area contributed by atoms with Gasteiger partial charge in [0, 0.05) is 30.7 Å². The van der Waals surface area contributed by atoms with Crippen molar-refractivity contribution < 1.29 is 4.42 Å². The predicted octanol–water partition coefficient (Wildman–Crippen LogP) is 0.996. The molecule has 0 saturated carbocycles. The number of nitrogens with zero attached hydrogens (tertiary/aromatic N) is 4. The topological polar surface area (TPSA) is 65.3 Å². The van der Waals surface area contributed by atoms with E-state index in [-0.39, 0.29) is 0 Å². The number of rotatable bonds is 1. The van der Waals surface area contributed by atoms with Gasteiger partial charge in [0.1, 0.15) is 5.65 Å². The number of hydrogen-bond donors (Lipinski definition) is 0. The number of aromatic nitrogens is 4. The van der Waals surface area contributed by atoms with Crippen LogP contribution >= 0.6 is 0 Å². The Bertz CT molecular complexity index is 750. The van der Waals surface area contributed by atoms with E-state index in [4.69, 9.17) is 4.42 Å². The third-order valence-corrected chi connectivity index (χ3v) is 2.63. The lowest BCUT2D eigenvalue weighted by atomic mass is 10.2. The SMILES string of the molecule is Cc1cnc2cc(-c3nn(C)c(=O)o3)ccn12. The lowest BCUT2D eigenvalue weighted by molar-refractivity contribution is 0.505. The van der Waals surface area contributed by atoms with E-state index in [1.807, 2.05) is 29.7 Å². The number of pyridine rings is 1. The molecular formula is C11H10N4O2. The average Bonchev–Trinajstić information content (AvgIpc) is 2.84. The van der Waals surface area contributed by atoms with Crippen LogP contribution in [0.5, 0.6) is 0 Å². The van der Waals surface area contributed by atoms with Gasteiger partial charge in [-0.05, 0) is 19.1 Å². The van der Waals surface area contributed by atoms with Crippen molar-refractivity contribution in [2.45, 2.75) is 6.92 Å². The standard InChI is InChI=1S/C11H10N4O2/c1-7-6-12-9-5-8(3-4-15(7)9)10-13-14(2)11(16)17-10/h3-6H,1-2H3. The molecule has 3 heterocycles. The maximum atomic E-state index is 11.2. The Kier molecular flexibility index (Phi) is 1.91. The number of fused-ring (bicyclic) bond motifs is 1. The van der Waals surface area contributed by atoms with E-state index in [0.717, 1.165) is 21.6 Å². The van der Waals surface area contributed by atoms with Crippen molar-refractivity contribution >= 4 is 5.65 Å². The van der Waals surface area contributed by atoms with Crippen molar-refractivity contribution in [3.05, 3.63) is 40.8 Å². The summed E-state index contributed by atoms with van der Waals surface area (Å²) in [5.41, 5.74) is 2.59. The Labute approximate surface area is 96.1 Å². The lowest BCUT2D eigenvalue weighted by Gasteiger charge is -1.98. The van der Waals surface area contributed by atoms with Gasteiger partial charge < -0.3 is 8.82 Å². The Hall–Kier alpha value is -2.37. The van der Waals surface area contributed by atoms with Crippen LogP contribution in [-0.2, 0) is 7.05 Å². The van der Waals surface area contributed by atoms with E-state index in [1.165, 1.54) is 0 Å². The minimum absolute atomic E-state index is 0.306. The van der Waals surface area contributed by atoms with E-state index in [1.54, 1.807) is 13.2 Å². The molecule has 0 fully saturated rings. The van der Waals surface area contributed by atoms with E-state index in [2.05, 4.69) is 10.1 Å². The minimum atomic E-state index is -0.473. The molecule has 0 amide bonds. The monoisotopic (exact) mass is 230 g/mol. The third-order valence-electron chi connectivity index (χ3n) is 2.63. The number of aryl methyl sites for hydroxylation is 2. The van der Waals surface area contributed by atoms with E-state index in [0.29, 0.717) is 5.89 Å². The first-order chi connectivity index (χ1) is 8.15. The number of imidazole rings is 1. The van der Waals surface area contributed by atoms with Crippen molar-refractivity contribution in [1.29, 1.82) is 0 Å².